The summed E-state index contributed by atoms with van der Waals surface area (Å²) in [4.78, 5) is 0. The summed E-state index contributed by atoms with van der Waals surface area (Å²) in [6.07, 6.45) is 8.56. The number of nitrogens with one attached hydrogen (secondary N) is 1. The summed E-state index contributed by atoms with van der Waals surface area (Å²) >= 11 is 11.8. The Morgan fingerprint density at radius 3 is 2.75 bits per heavy atom. The normalized spacial score (nSPS) is 14.8. The fourth-order valence-corrected chi connectivity index (χ4v) is 1.94. The SMILES string of the molecule is Clc1ccc(CNC2=CC=CCC2)cc1Cl. The van der Waals surface area contributed by atoms with Crippen LogP contribution in [0, 0.1) is 0 Å². The Bertz CT molecular complexity index is 436. The molecule has 1 aromatic rings. The highest BCUT2D eigenvalue weighted by Crippen LogP contribution is 2.22. The standard InChI is InChI=1S/C13H13Cl2N/c14-12-7-6-10(8-13(12)15)9-16-11-4-2-1-3-5-11/h1-2,4,6-8,16H,3,5,9H2. The van der Waals surface area contributed by atoms with Crippen LogP contribution in [0.1, 0.15) is 18.4 Å². The van der Waals surface area contributed by atoms with Crippen LogP contribution in [-0.4, -0.2) is 0 Å². The molecular formula is C13H13Cl2N. The van der Waals surface area contributed by atoms with Crippen LogP contribution in [0.4, 0.5) is 0 Å². The van der Waals surface area contributed by atoms with Gasteiger partial charge in [-0.15, -0.1) is 0 Å². The van der Waals surface area contributed by atoms with Gasteiger partial charge in [-0.3, -0.25) is 0 Å². The van der Waals surface area contributed by atoms with Gasteiger partial charge in [-0.05, 0) is 36.6 Å². The maximum atomic E-state index is 5.95. The molecule has 0 heterocycles. The van der Waals surface area contributed by atoms with E-state index in [0.717, 1.165) is 24.9 Å². The molecule has 0 aliphatic heterocycles. The van der Waals surface area contributed by atoms with E-state index in [0.29, 0.717) is 10.0 Å². The van der Waals surface area contributed by atoms with Gasteiger partial charge in [0.25, 0.3) is 0 Å². The highest BCUT2D eigenvalue weighted by Gasteiger charge is 2.01. The molecule has 0 aromatic heterocycles. The van der Waals surface area contributed by atoms with Gasteiger partial charge in [0.2, 0.25) is 0 Å². The van der Waals surface area contributed by atoms with E-state index in [1.165, 1.54) is 5.70 Å². The fraction of sp³-hybridized carbons (Fsp3) is 0.231. The predicted molar refractivity (Wildman–Crippen MR) is 69.8 cm³/mol. The Hall–Kier alpha value is -0.920. The minimum atomic E-state index is 0.602. The largest absolute Gasteiger partial charge is 0.384 e. The molecular weight excluding hydrogens is 241 g/mol. The molecule has 0 atom stereocenters. The van der Waals surface area contributed by atoms with Gasteiger partial charge < -0.3 is 5.32 Å². The van der Waals surface area contributed by atoms with Crippen molar-refractivity contribution in [2.24, 2.45) is 0 Å². The Morgan fingerprint density at radius 1 is 1.19 bits per heavy atom. The van der Waals surface area contributed by atoms with Crippen LogP contribution in [0.5, 0.6) is 0 Å². The first kappa shape index (κ1) is 11.6. The average molecular weight is 254 g/mol. The molecule has 3 heteroatoms. The van der Waals surface area contributed by atoms with E-state index in [2.05, 4.69) is 23.5 Å². The first-order chi connectivity index (χ1) is 7.75. The Morgan fingerprint density at radius 2 is 2.06 bits per heavy atom. The van der Waals surface area contributed by atoms with E-state index in [4.69, 9.17) is 23.2 Å². The molecule has 0 fully saturated rings. The Labute approximate surface area is 106 Å². The van der Waals surface area contributed by atoms with Crippen molar-refractivity contribution in [3.8, 4) is 0 Å². The van der Waals surface area contributed by atoms with Crippen LogP contribution in [0.3, 0.4) is 0 Å². The first-order valence-corrected chi connectivity index (χ1v) is 6.05. The van der Waals surface area contributed by atoms with E-state index in [-0.39, 0.29) is 0 Å². The molecule has 0 spiro atoms. The predicted octanol–water partition coefficient (Wildman–Crippen LogP) is 4.32. The molecule has 1 N–H and O–H groups in total. The summed E-state index contributed by atoms with van der Waals surface area (Å²) in [7, 11) is 0. The number of benzene rings is 1. The van der Waals surface area contributed by atoms with Crippen LogP contribution in [0.25, 0.3) is 0 Å². The third-order valence-electron chi connectivity index (χ3n) is 2.52. The minimum absolute atomic E-state index is 0.602. The summed E-state index contributed by atoms with van der Waals surface area (Å²) in [5.41, 5.74) is 2.42. The van der Waals surface area contributed by atoms with Gasteiger partial charge in [0.05, 0.1) is 10.0 Å². The van der Waals surface area contributed by atoms with Crippen LogP contribution in [0.15, 0.2) is 42.1 Å². The molecule has 2 rings (SSSR count). The lowest BCUT2D eigenvalue weighted by Crippen LogP contribution is -2.13. The van der Waals surface area contributed by atoms with Crippen molar-refractivity contribution >= 4 is 23.2 Å². The van der Waals surface area contributed by atoms with E-state index >= 15 is 0 Å². The molecule has 1 nitrogen and oxygen atoms in total. The second kappa shape index (κ2) is 5.42. The number of allylic oxidation sites excluding steroid dienone is 4. The molecule has 0 saturated heterocycles. The molecule has 0 unspecified atom stereocenters. The molecule has 1 aliphatic rings. The first-order valence-electron chi connectivity index (χ1n) is 5.29. The summed E-state index contributed by atoms with van der Waals surface area (Å²) in [6, 6.07) is 5.71. The minimum Gasteiger partial charge on any atom is -0.384 e. The second-order valence-corrected chi connectivity index (χ2v) is 4.58. The second-order valence-electron chi connectivity index (χ2n) is 3.76. The van der Waals surface area contributed by atoms with Crippen molar-refractivity contribution in [3.63, 3.8) is 0 Å². The number of halogens is 2. The molecule has 1 aromatic carbocycles. The summed E-state index contributed by atoms with van der Waals surface area (Å²) < 4.78 is 0. The molecule has 0 bridgehead atoms. The zero-order valence-electron chi connectivity index (χ0n) is 8.84. The van der Waals surface area contributed by atoms with Gasteiger partial charge in [0.1, 0.15) is 0 Å². The maximum absolute atomic E-state index is 5.95. The Kier molecular flexibility index (Phi) is 3.92. The molecule has 16 heavy (non-hydrogen) atoms. The monoisotopic (exact) mass is 253 g/mol. The van der Waals surface area contributed by atoms with Crippen LogP contribution in [-0.2, 0) is 6.54 Å². The van der Waals surface area contributed by atoms with Crippen molar-refractivity contribution in [3.05, 3.63) is 57.7 Å². The fourth-order valence-electron chi connectivity index (χ4n) is 1.62. The number of hydrogen-bond donors (Lipinski definition) is 1. The van der Waals surface area contributed by atoms with Gasteiger partial charge >= 0.3 is 0 Å². The van der Waals surface area contributed by atoms with E-state index in [9.17, 15) is 0 Å². The maximum Gasteiger partial charge on any atom is 0.0595 e. The van der Waals surface area contributed by atoms with Gasteiger partial charge in [-0.1, -0.05) is 41.4 Å². The van der Waals surface area contributed by atoms with Gasteiger partial charge in [-0.2, -0.15) is 0 Å². The quantitative estimate of drug-likeness (QED) is 0.847. The van der Waals surface area contributed by atoms with Crippen molar-refractivity contribution < 1.29 is 0 Å². The third-order valence-corrected chi connectivity index (χ3v) is 3.26. The van der Waals surface area contributed by atoms with Crippen molar-refractivity contribution in [1.82, 2.24) is 5.32 Å². The number of rotatable bonds is 3. The zero-order chi connectivity index (χ0) is 11.4. The zero-order valence-corrected chi connectivity index (χ0v) is 10.4. The van der Waals surface area contributed by atoms with Crippen molar-refractivity contribution in [2.45, 2.75) is 19.4 Å². The van der Waals surface area contributed by atoms with Crippen LogP contribution in [0.2, 0.25) is 10.0 Å². The average Bonchev–Trinajstić information content (AvgIpc) is 2.32. The summed E-state index contributed by atoms with van der Waals surface area (Å²) in [5, 5.41) is 4.60. The van der Waals surface area contributed by atoms with Gasteiger partial charge in [0.15, 0.2) is 0 Å². The molecule has 1 aliphatic carbocycles. The van der Waals surface area contributed by atoms with E-state index in [1.54, 1.807) is 0 Å². The van der Waals surface area contributed by atoms with Crippen molar-refractivity contribution in [1.29, 1.82) is 0 Å². The molecule has 0 saturated carbocycles. The molecule has 0 amide bonds. The molecule has 0 radical (unpaired) electrons. The van der Waals surface area contributed by atoms with Crippen molar-refractivity contribution in [2.75, 3.05) is 0 Å². The smallest absolute Gasteiger partial charge is 0.0595 e. The summed E-state index contributed by atoms with van der Waals surface area (Å²) in [6.45, 7) is 0.788. The van der Waals surface area contributed by atoms with E-state index < -0.39 is 0 Å². The highest BCUT2D eigenvalue weighted by molar-refractivity contribution is 6.42. The third kappa shape index (κ3) is 3.03. The lowest BCUT2D eigenvalue weighted by molar-refractivity contribution is 0.746. The Balaban J connectivity index is 1.96. The lowest BCUT2D eigenvalue weighted by atomic mass is 10.1. The van der Waals surface area contributed by atoms with E-state index in [1.807, 2.05) is 18.2 Å². The van der Waals surface area contributed by atoms with Gasteiger partial charge in [0, 0.05) is 12.2 Å². The number of hydrogen-bond acceptors (Lipinski definition) is 1. The topological polar surface area (TPSA) is 12.0 Å². The lowest BCUT2D eigenvalue weighted by Gasteiger charge is -2.12. The summed E-state index contributed by atoms with van der Waals surface area (Å²) in [5.74, 6) is 0. The highest BCUT2D eigenvalue weighted by atomic mass is 35.5. The van der Waals surface area contributed by atoms with Crippen LogP contribution >= 0.6 is 23.2 Å². The molecule has 84 valence electrons. The van der Waals surface area contributed by atoms with Crippen LogP contribution < -0.4 is 5.32 Å². The van der Waals surface area contributed by atoms with Gasteiger partial charge in [-0.25, -0.2) is 0 Å².